The lowest BCUT2D eigenvalue weighted by Gasteiger charge is -2.29. The Bertz CT molecular complexity index is 1240. The predicted molar refractivity (Wildman–Crippen MR) is 169 cm³/mol. The summed E-state index contributed by atoms with van der Waals surface area (Å²) in [6, 6.07) is 21.9. The highest BCUT2D eigenvalue weighted by molar-refractivity contribution is 5.86. The average molecular weight is 556 g/mol. The lowest BCUT2D eigenvalue weighted by molar-refractivity contribution is -0.124. The molecule has 0 aromatic heterocycles. The van der Waals surface area contributed by atoms with Crippen molar-refractivity contribution in [1.29, 1.82) is 0 Å². The molecule has 3 nitrogen and oxygen atoms in total. The van der Waals surface area contributed by atoms with Gasteiger partial charge in [-0.2, -0.15) is 0 Å². The molecule has 3 aromatic rings. The first-order valence-electron chi connectivity index (χ1n) is 15.5. The summed E-state index contributed by atoms with van der Waals surface area (Å²) in [6.45, 7) is 7.02. The molecule has 0 atom stereocenters. The van der Waals surface area contributed by atoms with E-state index in [-0.39, 0.29) is 11.7 Å². The number of rotatable bonds is 14. The number of ether oxygens (including phenoxy) is 1. The summed E-state index contributed by atoms with van der Waals surface area (Å²) < 4.78 is 21.0. The van der Waals surface area contributed by atoms with E-state index in [0.717, 1.165) is 41.2 Å². The van der Waals surface area contributed by atoms with Crippen molar-refractivity contribution in [1.82, 2.24) is 4.90 Å². The van der Waals surface area contributed by atoms with E-state index in [1.54, 1.807) is 18.0 Å². The summed E-state index contributed by atoms with van der Waals surface area (Å²) in [4.78, 5) is 13.2. The normalized spacial score (nSPS) is 16.8. The molecule has 4 rings (SSSR count). The number of likely N-dealkylation sites (N-methyl/N-ethyl adjacent to an activating group) is 1. The first-order valence-corrected chi connectivity index (χ1v) is 15.5. The van der Waals surface area contributed by atoms with E-state index in [2.05, 4.69) is 37.8 Å². The molecular formula is C37H46FNO2. The van der Waals surface area contributed by atoms with Gasteiger partial charge in [0.2, 0.25) is 5.91 Å². The summed E-state index contributed by atoms with van der Waals surface area (Å²) in [5.74, 6) is 2.04. The van der Waals surface area contributed by atoms with E-state index in [4.69, 9.17) is 4.74 Å². The largest absolute Gasteiger partial charge is 0.494 e. The van der Waals surface area contributed by atoms with Crippen molar-refractivity contribution in [3.63, 3.8) is 0 Å². The Kier molecular flexibility index (Phi) is 11.6. The van der Waals surface area contributed by atoms with Gasteiger partial charge in [-0.15, -0.1) is 0 Å². The monoisotopic (exact) mass is 555 g/mol. The van der Waals surface area contributed by atoms with Gasteiger partial charge in [0.15, 0.2) is 0 Å². The smallest absolute Gasteiger partial charge is 0.245 e. The molecule has 0 aliphatic heterocycles. The third-order valence-corrected chi connectivity index (χ3v) is 8.62. The highest BCUT2D eigenvalue weighted by atomic mass is 19.1. The molecule has 4 heteroatoms. The molecule has 1 aliphatic rings. The lowest BCUT2D eigenvalue weighted by Crippen LogP contribution is -2.25. The Balaban J connectivity index is 1.27. The summed E-state index contributed by atoms with van der Waals surface area (Å²) in [6.07, 6.45) is 13.8. The molecule has 1 aliphatic carbocycles. The van der Waals surface area contributed by atoms with Crippen molar-refractivity contribution >= 4 is 5.91 Å². The van der Waals surface area contributed by atoms with Crippen LogP contribution < -0.4 is 4.74 Å². The van der Waals surface area contributed by atoms with Crippen LogP contribution in [-0.4, -0.2) is 31.0 Å². The van der Waals surface area contributed by atoms with Crippen molar-refractivity contribution in [3.05, 3.63) is 90.8 Å². The SMILES string of the molecule is C=CC(=O)N(C)CCCCOc1ccc(-c2ccc(-c3ccc(C4CCC(CCCCC)CC4)cc3)cc2F)cc1. The van der Waals surface area contributed by atoms with E-state index in [9.17, 15) is 4.79 Å². The maximum atomic E-state index is 15.2. The molecule has 0 radical (unpaired) electrons. The molecule has 0 bridgehead atoms. The van der Waals surface area contributed by atoms with Crippen molar-refractivity contribution in [2.24, 2.45) is 5.92 Å². The molecule has 0 heterocycles. The number of halogens is 1. The van der Waals surface area contributed by atoms with Crippen LogP contribution in [0, 0.1) is 11.7 Å². The van der Waals surface area contributed by atoms with Crippen LogP contribution in [-0.2, 0) is 4.79 Å². The zero-order chi connectivity index (χ0) is 29.0. The van der Waals surface area contributed by atoms with Crippen LogP contribution in [0.1, 0.15) is 82.6 Å². The Morgan fingerprint density at radius 3 is 2.24 bits per heavy atom. The van der Waals surface area contributed by atoms with E-state index in [0.29, 0.717) is 24.6 Å². The molecule has 1 saturated carbocycles. The maximum Gasteiger partial charge on any atom is 0.245 e. The second kappa shape index (κ2) is 15.6. The quantitative estimate of drug-likeness (QED) is 0.146. The van der Waals surface area contributed by atoms with E-state index < -0.39 is 0 Å². The second-order valence-corrected chi connectivity index (χ2v) is 11.6. The Morgan fingerprint density at radius 1 is 0.902 bits per heavy atom. The van der Waals surface area contributed by atoms with Crippen LogP contribution >= 0.6 is 0 Å². The Morgan fingerprint density at radius 2 is 1.59 bits per heavy atom. The van der Waals surface area contributed by atoms with Crippen LogP contribution in [0.2, 0.25) is 0 Å². The van der Waals surface area contributed by atoms with Crippen molar-refractivity contribution in [2.45, 2.75) is 77.0 Å². The second-order valence-electron chi connectivity index (χ2n) is 11.6. The highest BCUT2D eigenvalue weighted by Gasteiger charge is 2.22. The summed E-state index contributed by atoms with van der Waals surface area (Å²) in [7, 11) is 1.77. The van der Waals surface area contributed by atoms with Crippen LogP contribution in [0.3, 0.4) is 0 Å². The van der Waals surface area contributed by atoms with Crippen LogP contribution in [0.4, 0.5) is 4.39 Å². The van der Waals surface area contributed by atoms with Gasteiger partial charge in [0, 0.05) is 19.2 Å². The number of unbranched alkanes of at least 4 members (excludes halogenated alkanes) is 3. The van der Waals surface area contributed by atoms with Crippen molar-refractivity contribution in [2.75, 3.05) is 20.2 Å². The van der Waals surface area contributed by atoms with E-state index >= 15 is 4.39 Å². The van der Waals surface area contributed by atoms with Crippen LogP contribution in [0.5, 0.6) is 5.75 Å². The van der Waals surface area contributed by atoms with Gasteiger partial charge in [-0.1, -0.05) is 87.7 Å². The minimum absolute atomic E-state index is 0.0691. The fraction of sp³-hybridized carbons (Fsp3) is 0.432. The Hall–Kier alpha value is -3.40. The zero-order valence-corrected chi connectivity index (χ0v) is 24.9. The molecular weight excluding hydrogens is 509 g/mol. The van der Waals surface area contributed by atoms with Crippen LogP contribution in [0.15, 0.2) is 79.4 Å². The fourth-order valence-electron chi connectivity index (χ4n) is 5.98. The highest BCUT2D eigenvalue weighted by Crippen LogP contribution is 2.38. The number of amides is 1. The average Bonchev–Trinajstić information content (AvgIpc) is 3.01. The predicted octanol–water partition coefficient (Wildman–Crippen LogP) is 9.82. The number of nitrogens with zero attached hydrogens (tertiary/aromatic N) is 1. The number of carbonyl (C=O) groups excluding carboxylic acids is 1. The minimum atomic E-state index is -0.222. The summed E-state index contributed by atoms with van der Waals surface area (Å²) >= 11 is 0. The topological polar surface area (TPSA) is 29.5 Å². The van der Waals surface area contributed by atoms with Gasteiger partial charge in [-0.3, -0.25) is 4.79 Å². The fourth-order valence-corrected chi connectivity index (χ4v) is 5.98. The number of carbonyl (C=O) groups is 1. The third-order valence-electron chi connectivity index (χ3n) is 8.62. The molecule has 0 N–H and O–H groups in total. The third kappa shape index (κ3) is 8.79. The molecule has 41 heavy (non-hydrogen) atoms. The zero-order valence-electron chi connectivity index (χ0n) is 24.9. The first kappa shape index (κ1) is 30.6. The molecule has 3 aromatic carbocycles. The lowest BCUT2D eigenvalue weighted by atomic mass is 9.77. The van der Waals surface area contributed by atoms with Gasteiger partial charge in [0.1, 0.15) is 11.6 Å². The number of benzene rings is 3. The van der Waals surface area contributed by atoms with Crippen molar-refractivity contribution < 1.29 is 13.9 Å². The standard InChI is InChI=1S/C37H46FNO2/c1-4-6-7-10-28-11-13-29(14-12-28)30-15-17-31(18-16-30)33-21-24-35(36(38)27-33)32-19-22-34(23-20-32)41-26-9-8-25-39(3)37(40)5-2/h5,15-24,27-29H,2,4,6-14,25-26H2,1,3H3. The maximum absolute atomic E-state index is 15.2. The van der Waals surface area contributed by atoms with E-state index in [1.807, 2.05) is 36.4 Å². The van der Waals surface area contributed by atoms with Gasteiger partial charge >= 0.3 is 0 Å². The molecule has 0 saturated heterocycles. The van der Waals surface area contributed by atoms with Gasteiger partial charge in [-0.25, -0.2) is 4.39 Å². The van der Waals surface area contributed by atoms with Crippen molar-refractivity contribution in [3.8, 4) is 28.0 Å². The van der Waals surface area contributed by atoms with Gasteiger partial charge in [0.25, 0.3) is 0 Å². The molecule has 0 unspecified atom stereocenters. The van der Waals surface area contributed by atoms with Gasteiger partial charge in [-0.05, 0) is 96.9 Å². The number of hydrogen-bond acceptors (Lipinski definition) is 2. The van der Waals surface area contributed by atoms with E-state index in [1.165, 1.54) is 63.0 Å². The van der Waals surface area contributed by atoms with Crippen LogP contribution in [0.25, 0.3) is 22.3 Å². The van der Waals surface area contributed by atoms with Gasteiger partial charge in [0.05, 0.1) is 6.61 Å². The Labute approximate surface area is 246 Å². The minimum Gasteiger partial charge on any atom is -0.494 e. The molecule has 1 fully saturated rings. The summed E-state index contributed by atoms with van der Waals surface area (Å²) in [5.41, 5.74) is 4.79. The first-order chi connectivity index (χ1) is 20.0. The summed E-state index contributed by atoms with van der Waals surface area (Å²) in [5, 5.41) is 0. The van der Waals surface area contributed by atoms with Gasteiger partial charge < -0.3 is 9.64 Å². The molecule has 0 spiro atoms. The molecule has 218 valence electrons. The molecule has 1 amide bonds. The number of hydrogen-bond donors (Lipinski definition) is 0.